The van der Waals surface area contributed by atoms with Gasteiger partial charge in [0.25, 0.3) is 5.82 Å². The molecule has 0 amide bonds. The molecule has 1 saturated carbocycles. The van der Waals surface area contributed by atoms with Crippen LogP contribution in [0.5, 0.6) is 0 Å². The topological polar surface area (TPSA) is 64.0 Å². The molecule has 3 nitrogen and oxygen atoms in total. The van der Waals surface area contributed by atoms with Crippen molar-refractivity contribution in [3.63, 3.8) is 0 Å². The Morgan fingerprint density at radius 1 is 1.26 bits per heavy atom. The molecular weight excluding hydrogens is 258 g/mol. The minimum Gasteiger partial charge on any atom is -0.286 e. The van der Waals surface area contributed by atoms with Gasteiger partial charge in [-0.3, -0.25) is 5.73 Å². The number of hydrogen-bond donors (Lipinski definition) is 1. The lowest BCUT2D eigenvalue weighted by Gasteiger charge is -2.08. The summed E-state index contributed by atoms with van der Waals surface area (Å²) in [6, 6.07) is 11.7. The lowest BCUT2D eigenvalue weighted by Crippen LogP contribution is -2.18. The van der Waals surface area contributed by atoms with Gasteiger partial charge in [0, 0.05) is 22.1 Å². The molecule has 3 rings (SSSR count). The molecule has 0 unspecified atom stereocenters. The number of aromatic nitrogens is 1. The molecule has 19 heavy (non-hydrogen) atoms. The Hall–Kier alpha value is -2.05. The highest BCUT2D eigenvalue weighted by atomic mass is 35.5. The molecule has 0 radical (unpaired) electrons. The van der Waals surface area contributed by atoms with E-state index in [0.29, 0.717) is 22.3 Å². The van der Waals surface area contributed by atoms with E-state index in [1.165, 1.54) is 12.8 Å². The first-order chi connectivity index (χ1) is 9.20. The van der Waals surface area contributed by atoms with Crippen LogP contribution in [0.25, 0.3) is 11.1 Å². The first-order valence-electron chi connectivity index (χ1n) is 6.21. The van der Waals surface area contributed by atoms with Crippen LogP contribution in [0.3, 0.4) is 0 Å². The smallest absolute Gasteiger partial charge is 0.286 e. The van der Waals surface area contributed by atoms with Crippen LogP contribution in [-0.4, -0.2) is 0 Å². The number of rotatable bonds is 2. The fourth-order valence-corrected chi connectivity index (χ4v) is 2.49. The van der Waals surface area contributed by atoms with Crippen molar-refractivity contribution in [1.29, 1.82) is 5.26 Å². The van der Waals surface area contributed by atoms with E-state index in [4.69, 9.17) is 17.3 Å². The molecule has 1 aromatic heterocycles. The maximum absolute atomic E-state index is 9.30. The van der Waals surface area contributed by atoms with Crippen molar-refractivity contribution in [2.45, 2.75) is 18.8 Å². The van der Waals surface area contributed by atoms with Crippen molar-refractivity contribution >= 4 is 17.4 Å². The van der Waals surface area contributed by atoms with Crippen LogP contribution in [-0.2, 0) is 0 Å². The summed E-state index contributed by atoms with van der Waals surface area (Å²) in [5.74, 6) is 0.957. The van der Waals surface area contributed by atoms with E-state index in [-0.39, 0.29) is 0 Å². The Bertz CT molecular complexity index is 684. The quantitative estimate of drug-likeness (QED) is 0.911. The minimum absolute atomic E-state index is 0.418. The van der Waals surface area contributed by atoms with Gasteiger partial charge in [-0.15, -0.1) is 0 Å². The first-order valence-corrected chi connectivity index (χ1v) is 6.59. The number of nitrogens with zero attached hydrogens (tertiary/aromatic N) is 1. The van der Waals surface area contributed by atoms with Gasteiger partial charge in [-0.1, -0.05) is 29.8 Å². The standard InChI is InChI=1S/C15H12ClN3/c16-13-4-2-1-3-10(13)11-7-14(9-5-6-9)19-15(18)12(11)8-17/h1-4,7,9H,5-6H2,(H2,18,19)/p+1. The molecule has 4 heteroatoms. The molecule has 0 saturated heterocycles. The van der Waals surface area contributed by atoms with Gasteiger partial charge >= 0.3 is 0 Å². The lowest BCUT2D eigenvalue weighted by molar-refractivity contribution is -0.373. The number of nitrogens with two attached hydrogens (primary N) is 1. The first kappa shape index (κ1) is 12.0. The van der Waals surface area contributed by atoms with Gasteiger partial charge in [0.15, 0.2) is 0 Å². The monoisotopic (exact) mass is 270 g/mol. The Balaban J connectivity index is 2.24. The molecule has 3 N–H and O–H groups in total. The second-order valence-electron chi connectivity index (χ2n) is 4.79. The van der Waals surface area contributed by atoms with Gasteiger partial charge < -0.3 is 0 Å². The predicted octanol–water partition coefficient (Wildman–Crippen LogP) is 3.15. The van der Waals surface area contributed by atoms with Crippen LogP contribution in [0.4, 0.5) is 5.82 Å². The highest BCUT2D eigenvalue weighted by Crippen LogP contribution is 2.40. The molecule has 0 aliphatic heterocycles. The van der Waals surface area contributed by atoms with Gasteiger partial charge in [0.2, 0.25) is 0 Å². The number of nitriles is 1. The van der Waals surface area contributed by atoms with Crippen LogP contribution in [0.1, 0.15) is 30.0 Å². The second-order valence-corrected chi connectivity index (χ2v) is 5.20. The van der Waals surface area contributed by atoms with E-state index in [0.717, 1.165) is 16.8 Å². The van der Waals surface area contributed by atoms with Crippen LogP contribution in [0.15, 0.2) is 30.3 Å². The molecule has 1 aliphatic rings. The van der Waals surface area contributed by atoms with Crippen molar-refractivity contribution < 1.29 is 4.98 Å². The zero-order valence-electron chi connectivity index (χ0n) is 10.3. The van der Waals surface area contributed by atoms with Crippen LogP contribution in [0.2, 0.25) is 5.02 Å². The average Bonchev–Trinajstić information content (AvgIpc) is 3.22. The second kappa shape index (κ2) is 4.56. The van der Waals surface area contributed by atoms with Gasteiger partial charge in [-0.2, -0.15) is 5.26 Å². The zero-order valence-corrected chi connectivity index (χ0v) is 11.0. The maximum atomic E-state index is 9.30. The SMILES string of the molecule is N#Cc1c(-c2ccccc2Cl)cc(C2CC2)[nH+]c1N. The third-order valence-corrected chi connectivity index (χ3v) is 3.74. The van der Waals surface area contributed by atoms with Crippen molar-refractivity contribution in [3.8, 4) is 17.2 Å². The largest absolute Gasteiger partial charge is 0.289 e. The summed E-state index contributed by atoms with van der Waals surface area (Å²) in [5, 5.41) is 9.93. The molecule has 94 valence electrons. The van der Waals surface area contributed by atoms with Gasteiger partial charge in [-0.25, -0.2) is 4.98 Å². The summed E-state index contributed by atoms with van der Waals surface area (Å²) in [4.78, 5) is 3.13. The summed E-state index contributed by atoms with van der Waals surface area (Å²) in [6.07, 6.45) is 2.34. The van der Waals surface area contributed by atoms with Crippen LogP contribution in [0, 0.1) is 11.3 Å². The fraction of sp³-hybridized carbons (Fsp3) is 0.200. The lowest BCUT2D eigenvalue weighted by atomic mass is 9.99. The summed E-state index contributed by atoms with van der Waals surface area (Å²) >= 11 is 6.23. The van der Waals surface area contributed by atoms with Gasteiger partial charge in [-0.05, 0) is 25.0 Å². The Kier molecular flexibility index (Phi) is 2.88. The molecule has 1 aromatic carbocycles. The highest BCUT2D eigenvalue weighted by molar-refractivity contribution is 6.33. The average molecular weight is 271 g/mol. The minimum atomic E-state index is 0.418. The van der Waals surface area contributed by atoms with Gasteiger partial charge in [0.1, 0.15) is 17.3 Å². The predicted molar refractivity (Wildman–Crippen MR) is 74.5 cm³/mol. The Labute approximate surface area is 116 Å². The van der Waals surface area contributed by atoms with Crippen molar-refractivity contribution in [1.82, 2.24) is 0 Å². The Morgan fingerprint density at radius 2 is 2.00 bits per heavy atom. The van der Waals surface area contributed by atoms with E-state index < -0.39 is 0 Å². The van der Waals surface area contributed by atoms with Gasteiger partial charge in [0.05, 0.1) is 0 Å². The fourth-order valence-electron chi connectivity index (χ4n) is 2.25. The van der Waals surface area contributed by atoms with E-state index >= 15 is 0 Å². The normalized spacial score (nSPS) is 14.1. The maximum Gasteiger partial charge on any atom is 0.289 e. The van der Waals surface area contributed by atoms with Crippen molar-refractivity contribution in [2.75, 3.05) is 5.73 Å². The Morgan fingerprint density at radius 3 is 2.63 bits per heavy atom. The number of H-pyrrole nitrogens is 1. The molecule has 0 bridgehead atoms. The van der Waals surface area contributed by atoms with Crippen molar-refractivity contribution in [2.24, 2.45) is 0 Å². The molecule has 1 aliphatic carbocycles. The summed E-state index contributed by atoms with van der Waals surface area (Å²) in [6.45, 7) is 0. The van der Waals surface area contributed by atoms with E-state index in [9.17, 15) is 5.26 Å². The van der Waals surface area contributed by atoms with E-state index in [2.05, 4.69) is 11.1 Å². The number of benzene rings is 1. The van der Waals surface area contributed by atoms with E-state index in [1.807, 2.05) is 30.3 Å². The van der Waals surface area contributed by atoms with Crippen molar-refractivity contribution in [3.05, 3.63) is 46.6 Å². The number of nitrogens with one attached hydrogen (secondary N) is 1. The summed E-state index contributed by atoms with van der Waals surface area (Å²) < 4.78 is 0. The molecule has 2 aromatic rings. The van der Waals surface area contributed by atoms with Crippen LogP contribution >= 0.6 is 11.6 Å². The van der Waals surface area contributed by atoms with Crippen LogP contribution < -0.4 is 10.7 Å². The molecule has 1 heterocycles. The number of nitrogen functional groups attached to an aromatic ring is 1. The highest BCUT2D eigenvalue weighted by Gasteiger charge is 2.29. The van der Waals surface area contributed by atoms with E-state index in [1.54, 1.807) is 0 Å². The number of hydrogen-bond acceptors (Lipinski definition) is 2. The third kappa shape index (κ3) is 2.16. The number of pyridine rings is 1. The summed E-state index contributed by atoms with van der Waals surface area (Å²) in [5.41, 5.74) is 9.17. The number of aromatic amines is 1. The third-order valence-electron chi connectivity index (χ3n) is 3.41. The number of halogens is 1. The molecule has 1 fully saturated rings. The zero-order chi connectivity index (χ0) is 13.4. The summed E-state index contributed by atoms with van der Waals surface area (Å²) in [7, 11) is 0. The molecule has 0 atom stereocenters. The number of anilines is 1. The molecule has 0 spiro atoms. The molecular formula is C15H13ClN3+.